The van der Waals surface area contributed by atoms with Crippen LogP contribution in [0.25, 0.3) is 11.3 Å². The first-order valence-corrected chi connectivity index (χ1v) is 7.08. The minimum Gasteiger partial charge on any atom is -0.324 e. The number of benzene rings is 1. The Morgan fingerprint density at radius 1 is 1.18 bits per heavy atom. The minimum atomic E-state index is -0.447. The zero-order valence-corrected chi connectivity index (χ0v) is 12.8. The Labute approximate surface area is 128 Å². The predicted molar refractivity (Wildman–Crippen MR) is 85.8 cm³/mol. The van der Waals surface area contributed by atoms with Crippen molar-refractivity contribution in [2.75, 3.05) is 0 Å². The molecule has 6 nitrogen and oxygen atoms in total. The lowest BCUT2D eigenvalue weighted by atomic mass is 10.1. The maximum atomic E-state index is 12.6. The lowest BCUT2D eigenvalue weighted by molar-refractivity contribution is -0.384. The van der Waals surface area contributed by atoms with Gasteiger partial charge in [-0.05, 0) is 32.9 Å². The zero-order valence-electron chi connectivity index (χ0n) is 12.8. The van der Waals surface area contributed by atoms with Gasteiger partial charge in [0, 0.05) is 35.3 Å². The van der Waals surface area contributed by atoms with E-state index in [9.17, 15) is 14.9 Å². The summed E-state index contributed by atoms with van der Waals surface area (Å²) in [6.45, 7) is 5.55. The summed E-state index contributed by atoms with van der Waals surface area (Å²) in [6.07, 6.45) is 0. The molecule has 6 heteroatoms. The summed E-state index contributed by atoms with van der Waals surface area (Å²) in [6, 6.07) is 9.31. The second kappa shape index (κ2) is 6.11. The van der Waals surface area contributed by atoms with Crippen molar-refractivity contribution in [3.05, 3.63) is 62.4 Å². The molecule has 0 aliphatic heterocycles. The van der Waals surface area contributed by atoms with E-state index in [4.69, 9.17) is 5.73 Å². The molecule has 2 rings (SSSR count). The van der Waals surface area contributed by atoms with E-state index in [0.717, 1.165) is 0 Å². The molecule has 0 saturated heterocycles. The molecule has 0 saturated carbocycles. The molecule has 1 aromatic carbocycles. The highest BCUT2D eigenvalue weighted by Crippen LogP contribution is 2.25. The van der Waals surface area contributed by atoms with Crippen molar-refractivity contribution in [3.8, 4) is 11.3 Å². The SMILES string of the molecule is CC(N)c1ccc(-c2cccc([N+](=O)[O-])c2)n(C(C)C)c1=O. The number of aromatic nitrogens is 1. The van der Waals surface area contributed by atoms with E-state index in [-0.39, 0.29) is 23.3 Å². The van der Waals surface area contributed by atoms with Crippen LogP contribution in [-0.2, 0) is 0 Å². The van der Waals surface area contributed by atoms with Crippen LogP contribution in [0, 0.1) is 10.1 Å². The van der Waals surface area contributed by atoms with Gasteiger partial charge in [-0.15, -0.1) is 0 Å². The maximum Gasteiger partial charge on any atom is 0.270 e. The second-order valence-electron chi connectivity index (χ2n) is 5.54. The van der Waals surface area contributed by atoms with Gasteiger partial charge in [-0.2, -0.15) is 0 Å². The summed E-state index contributed by atoms with van der Waals surface area (Å²) in [5.41, 5.74) is 7.48. The molecule has 1 aromatic heterocycles. The lowest BCUT2D eigenvalue weighted by Gasteiger charge is -2.19. The Balaban J connectivity index is 2.71. The molecule has 1 heterocycles. The van der Waals surface area contributed by atoms with E-state index in [2.05, 4.69) is 0 Å². The average molecular weight is 301 g/mol. The van der Waals surface area contributed by atoms with Gasteiger partial charge in [-0.25, -0.2) is 0 Å². The summed E-state index contributed by atoms with van der Waals surface area (Å²) >= 11 is 0. The van der Waals surface area contributed by atoms with Crippen molar-refractivity contribution in [2.24, 2.45) is 5.73 Å². The number of nitrogens with two attached hydrogens (primary N) is 1. The van der Waals surface area contributed by atoms with Gasteiger partial charge < -0.3 is 10.3 Å². The molecule has 2 N–H and O–H groups in total. The van der Waals surface area contributed by atoms with Crippen LogP contribution in [0.15, 0.2) is 41.2 Å². The van der Waals surface area contributed by atoms with Crippen LogP contribution in [0.5, 0.6) is 0 Å². The van der Waals surface area contributed by atoms with Gasteiger partial charge >= 0.3 is 0 Å². The Kier molecular flexibility index (Phi) is 4.42. The minimum absolute atomic E-state index is 0.00322. The standard InChI is InChI=1S/C16H19N3O3/c1-10(2)18-15(8-7-14(11(3)17)16(18)20)12-5-4-6-13(9-12)19(21)22/h4-11H,17H2,1-3H3. The van der Waals surface area contributed by atoms with Crippen LogP contribution in [0.3, 0.4) is 0 Å². The van der Waals surface area contributed by atoms with Crippen molar-refractivity contribution in [1.82, 2.24) is 4.57 Å². The molecule has 22 heavy (non-hydrogen) atoms. The number of pyridine rings is 1. The fourth-order valence-electron chi connectivity index (χ4n) is 2.44. The molecule has 116 valence electrons. The van der Waals surface area contributed by atoms with Crippen LogP contribution in [0.1, 0.15) is 38.4 Å². The first-order valence-electron chi connectivity index (χ1n) is 7.08. The number of non-ortho nitro benzene ring substituents is 1. The monoisotopic (exact) mass is 301 g/mol. The van der Waals surface area contributed by atoms with E-state index in [1.165, 1.54) is 12.1 Å². The number of nitro groups is 1. The van der Waals surface area contributed by atoms with Gasteiger partial charge in [0.1, 0.15) is 0 Å². The fraction of sp³-hybridized carbons (Fsp3) is 0.312. The van der Waals surface area contributed by atoms with Crippen molar-refractivity contribution in [3.63, 3.8) is 0 Å². The van der Waals surface area contributed by atoms with Gasteiger partial charge in [0.25, 0.3) is 11.2 Å². The molecule has 2 aromatic rings. The Bertz CT molecular complexity index is 763. The van der Waals surface area contributed by atoms with Crippen molar-refractivity contribution >= 4 is 5.69 Å². The van der Waals surface area contributed by atoms with Gasteiger partial charge in [0.2, 0.25) is 0 Å². The van der Waals surface area contributed by atoms with Crippen molar-refractivity contribution in [2.45, 2.75) is 32.9 Å². The fourth-order valence-corrected chi connectivity index (χ4v) is 2.44. The zero-order chi connectivity index (χ0) is 16.4. The highest BCUT2D eigenvalue weighted by Gasteiger charge is 2.16. The average Bonchev–Trinajstić information content (AvgIpc) is 2.46. The van der Waals surface area contributed by atoms with Crippen molar-refractivity contribution in [1.29, 1.82) is 0 Å². The summed E-state index contributed by atoms with van der Waals surface area (Å²) < 4.78 is 1.62. The molecule has 0 aliphatic rings. The smallest absolute Gasteiger partial charge is 0.270 e. The van der Waals surface area contributed by atoms with Gasteiger partial charge in [-0.3, -0.25) is 14.9 Å². The first kappa shape index (κ1) is 15.9. The molecular weight excluding hydrogens is 282 g/mol. The number of nitro benzene ring substituents is 1. The van der Waals surface area contributed by atoms with Crippen LogP contribution < -0.4 is 11.3 Å². The predicted octanol–water partition coefficient (Wildman–Crippen LogP) is 3.02. The molecule has 0 bridgehead atoms. The highest BCUT2D eigenvalue weighted by molar-refractivity contribution is 5.63. The topological polar surface area (TPSA) is 91.2 Å². The van der Waals surface area contributed by atoms with E-state index < -0.39 is 4.92 Å². The van der Waals surface area contributed by atoms with Crippen molar-refractivity contribution < 1.29 is 4.92 Å². The number of hydrogen-bond donors (Lipinski definition) is 1. The lowest BCUT2D eigenvalue weighted by Crippen LogP contribution is -2.29. The normalized spacial score (nSPS) is 12.4. The molecule has 0 aliphatic carbocycles. The first-order chi connectivity index (χ1) is 10.3. The van der Waals surface area contributed by atoms with E-state index >= 15 is 0 Å². The van der Waals surface area contributed by atoms with Crippen LogP contribution in [-0.4, -0.2) is 9.49 Å². The Morgan fingerprint density at radius 2 is 1.86 bits per heavy atom. The van der Waals surface area contributed by atoms with E-state index in [0.29, 0.717) is 16.8 Å². The molecule has 1 atom stereocenters. The van der Waals surface area contributed by atoms with Gasteiger partial charge in [0.05, 0.1) is 10.6 Å². The number of rotatable bonds is 4. The van der Waals surface area contributed by atoms with E-state index in [1.54, 1.807) is 35.8 Å². The molecule has 0 radical (unpaired) electrons. The Hall–Kier alpha value is -2.47. The maximum absolute atomic E-state index is 12.6. The van der Waals surface area contributed by atoms with Gasteiger partial charge in [-0.1, -0.05) is 12.1 Å². The number of hydrogen-bond acceptors (Lipinski definition) is 4. The third-order valence-corrected chi connectivity index (χ3v) is 3.51. The largest absolute Gasteiger partial charge is 0.324 e. The summed E-state index contributed by atoms with van der Waals surface area (Å²) in [5.74, 6) is 0. The molecule has 1 unspecified atom stereocenters. The molecule has 0 fully saturated rings. The van der Waals surface area contributed by atoms with E-state index in [1.807, 2.05) is 13.8 Å². The van der Waals surface area contributed by atoms with Crippen LogP contribution >= 0.6 is 0 Å². The summed E-state index contributed by atoms with van der Waals surface area (Å²) in [5, 5.41) is 10.9. The molecule has 0 spiro atoms. The van der Waals surface area contributed by atoms with Crippen LogP contribution in [0.4, 0.5) is 5.69 Å². The number of nitrogens with zero attached hydrogens (tertiary/aromatic N) is 2. The van der Waals surface area contributed by atoms with Gasteiger partial charge in [0.15, 0.2) is 0 Å². The highest BCUT2D eigenvalue weighted by atomic mass is 16.6. The summed E-state index contributed by atoms with van der Waals surface area (Å²) in [7, 11) is 0. The van der Waals surface area contributed by atoms with Crippen LogP contribution in [0.2, 0.25) is 0 Å². The molecule has 0 amide bonds. The third-order valence-electron chi connectivity index (χ3n) is 3.51. The molecular formula is C16H19N3O3. The summed E-state index contributed by atoms with van der Waals surface area (Å²) in [4.78, 5) is 23.1. The second-order valence-corrected chi connectivity index (χ2v) is 5.54. The quantitative estimate of drug-likeness (QED) is 0.694. The Morgan fingerprint density at radius 3 is 2.41 bits per heavy atom. The third kappa shape index (κ3) is 2.92.